The smallest absolute Gasteiger partial charge is 0.497 e. The highest BCUT2D eigenvalue weighted by molar-refractivity contribution is 6.06. The molecule has 3 heterocycles. The van der Waals surface area contributed by atoms with Gasteiger partial charge in [0.15, 0.2) is 17.6 Å². The molecule has 2 fully saturated rings. The zero-order valence-corrected chi connectivity index (χ0v) is 23.6. The van der Waals surface area contributed by atoms with Gasteiger partial charge in [-0.2, -0.15) is 0 Å². The van der Waals surface area contributed by atoms with Crippen LogP contribution < -0.4 is 29.9 Å². The van der Waals surface area contributed by atoms with Crippen LogP contribution in [-0.2, 0) is 14.2 Å². The van der Waals surface area contributed by atoms with Crippen molar-refractivity contribution in [2.75, 3.05) is 33.3 Å². The summed E-state index contributed by atoms with van der Waals surface area (Å²) >= 11 is 0. The minimum atomic E-state index is -0.946. The topological polar surface area (TPSA) is 141 Å². The van der Waals surface area contributed by atoms with E-state index in [1.165, 1.54) is 13.2 Å². The molecule has 0 bridgehead atoms. The van der Waals surface area contributed by atoms with Gasteiger partial charge in [-0.3, -0.25) is 4.79 Å². The summed E-state index contributed by atoms with van der Waals surface area (Å²) in [7, 11) is 4.57. The van der Waals surface area contributed by atoms with Crippen LogP contribution in [-0.4, -0.2) is 58.5 Å². The van der Waals surface area contributed by atoms with Crippen molar-refractivity contribution in [3.63, 3.8) is 0 Å². The second-order valence-corrected chi connectivity index (χ2v) is 9.81. The zero-order chi connectivity index (χ0) is 30.2. The van der Waals surface area contributed by atoms with Crippen LogP contribution in [0.4, 0.5) is 10.5 Å². The average molecular weight is 590 g/mol. The SMILES string of the molecule is COc1cccc(-c2cc(C(=O)Nc3cc4cc(OC)c(O[C@@H]5OC[C@H]6OC(=O)O[C@@H]56)c(C)c4oc3=O)ccc2OC)c1. The molecule has 3 aromatic carbocycles. The van der Waals surface area contributed by atoms with Gasteiger partial charge in [0.25, 0.3) is 5.91 Å². The number of carbonyl (C=O) groups excluding carboxylic acids is 2. The van der Waals surface area contributed by atoms with Crippen LogP contribution in [0.1, 0.15) is 15.9 Å². The molecule has 1 aromatic heterocycles. The van der Waals surface area contributed by atoms with Crippen LogP contribution >= 0.6 is 0 Å². The summed E-state index contributed by atoms with van der Waals surface area (Å²) in [6, 6.07) is 15.4. The van der Waals surface area contributed by atoms with Crippen molar-refractivity contribution in [1.82, 2.24) is 0 Å². The molecule has 2 aliphatic heterocycles. The van der Waals surface area contributed by atoms with Crippen molar-refractivity contribution in [2.24, 2.45) is 0 Å². The van der Waals surface area contributed by atoms with Gasteiger partial charge in [-0.05, 0) is 55.0 Å². The molecular formula is C31H27NO11. The van der Waals surface area contributed by atoms with Crippen LogP contribution in [0.2, 0.25) is 0 Å². The van der Waals surface area contributed by atoms with Crippen LogP contribution in [0, 0.1) is 6.92 Å². The number of hydrogen-bond acceptors (Lipinski definition) is 11. The zero-order valence-electron chi connectivity index (χ0n) is 23.6. The summed E-state index contributed by atoms with van der Waals surface area (Å²) < 4.78 is 43.8. The predicted octanol–water partition coefficient (Wildman–Crippen LogP) is 4.69. The van der Waals surface area contributed by atoms with E-state index in [0.29, 0.717) is 39.3 Å². The Balaban J connectivity index is 1.29. The molecule has 4 aromatic rings. The third-order valence-electron chi connectivity index (χ3n) is 7.25. The molecule has 0 radical (unpaired) electrons. The number of methoxy groups -OCH3 is 3. The number of ether oxygens (including phenoxy) is 7. The number of amides is 1. The lowest BCUT2D eigenvalue weighted by molar-refractivity contribution is -0.0917. The molecule has 2 aliphatic rings. The van der Waals surface area contributed by atoms with Crippen molar-refractivity contribution in [3.05, 3.63) is 76.1 Å². The monoisotopic (exact) mass is 589 g/mol. The Labute approximate surface area is 244 Å². The van der Waals surface area contributed by atoms with Gasteiger partial charge in [0, 0.05) is 22.1 Å². The lowest BCUT2D eigenvalue weighted by atomic mass is 10.0. The molecule has 12 heteroatoms. The summed E-state index contributed by atoms with van der Waals surface area (Å²) in [5.41, 5.74) is 1.58. The Bertz CT molecular complexity index is 1800. The third kappa shape index (κ3) is 5.17. The first-order valence-electron chi connectivity index (χ1n) is 13.2. The fourth-order valence-electron chi connectivity index (χ4n) is 5.09. The van der Waals surface area contributed by atoms with Gasteiger partial charge in [-0.25, -0.2) is 9.59 Å². The highest BCUT2D eigenvalue weighted by atomic mass is 16.8. The minimum absolute atomic E-state index is 0.0663. The quantitative estimate of drug-likeness (QED) is 0.226. The van der Waals surface area contributed by atoms with E-state index >= 15 is 0 Å². The first-order chi connectivity index (χ1) is 20.8. The molecular weight excluding hydrogens is 562 g/mol. The predicted molar refractivity (Wildman–Crippen MR) is 152 cm³/mol. The van der Waals surface area contributed by atoms with E-state index in [0.717, 1.165) is 5.56 Å². The van der Waals surface area contributed by atoms with Crippen LogP contribution in [0.15, 0.2) is 63.8 Å². The lowest BCUT2D eigenvalue weighted by Gasteiger charge is -2.20. The average Bonchev–Trinajstić information content (AvgIpc) is 3.57. The van der Waals surface area contributed by atoms with Crippen LogP contribution in [0.5, 0.6) is 23.0 Å². The fourth-order valence-corrected chi connectivity index (χ4v) is 5.09. The van der Waals surface area contributed by atoms with Crippen molar-refractivity contribution in [1.29, 1.82) is 0 Å². The van der Waals surface area contributed by atoms with Crippen molar-refractivity contribution >= 4 is 28.7 Å². The van der Waals surface area contributed by atoms with E-state index < -0.39 is 36.2 Å². The van der Waals surface area contributed by atoms with Crippen LogP contribution in [0.3, 0.4) is 0 Å². The molecule has 0 saturated carbocycles. The van der Waals surface area contributed by atoms with Gasteiger partial charge >= 0.3 is 11.8 Å². The highest BCUT2D eigenvalue weighted by Crippen LogP contribution is 2.40. The maximum absolute atomic E-state index is 13.3. The Kier molecular flexibility index (Phi) is 7.28. The van der Waals surface area contributed by atoms with E-state index in [4.69, 9.17) is 37.6 Å². The normalized spacial score (nSPS) is 18.9. The first kappa shape index (κ1) is 27.9. The van der Waals surface area contributed by atoms with Gasteiger partial charge in [-0.1, -0.05) is 12.1 Å². The largest absolute Gasteiger partial charge is 0.509 e. The molecule has 1 N–H and O–H groups in total. The summed E-state index contributed by atoms with van der Waals surface area (Å²) in [6.07, 6.45) is -3.07. The van der Waals surface area contributed by atoms with Crippen molar-refractivity contribution < 1.29 is 47.2 Å². The summed E-state index contributed by atoms with van der Waals surface area (Å²) in [5.74, 6) is 1.24. The van der Waals surface area contributed by atoms with Gasteiger partial charge < -0.3 is 42.9 Å². The lowest BCUT2D eigenvalue weighted by Crippen LogP contribution is -2.32. The molecule has 43 heavy (non-hydrogen) atoms. The maximum Gasteiger partial charge on any atom is 0.509 e. The second kappa shape index (κ2) is 11.2. The number of anilines is 1. The van der Waals surface area contributed by atoms with E-state index in [-0.39, 0.29) is 23.6 Å². The highest BCUT2D eigenvalue weighted by Gasteiger charge is 2.50. The standard InChI is InChI=1S/C31H27NO11/c1-15-25-18(13-23(38-4)26(15)42-30-27-24(14-39-30)40-31(35)43-27)12-21(29(34)41-25)32-28(33)17-8-9-22(37-3)20(11-17)16-6-5-7-19(10-16)36-2/h5-13,24,27,30H,14H2,1-4H3,(H,32,33)/t24-,27-,30+/m1/s1. The summed E-state index contributed by atoms with van der Waals surface area (Å²) in [6.45, 7) is 1.80. The molecule has 0 aliphatic carbocycles. The minimum Gasteiger partial charge on any atom is -0.497 e. The van der Waals surface area contributed by atoms with E-state index in [1.807, 2.05) is 24.3 Å². The number of benzene rings is 3. The Morgan fingerprint density at radius 2 is 1.74 bits per heavy atom. The van der Waals surface area contributed by atoms with Gasteiger partial charge in [0.1, 0.15) is 22.8 Å². The van der Waals surface area contributed by atoms with E-state index in [2.05, 4.69) is 5.32 Å². The number of hydrogen-bond donors (Lipinski definition) is 1. The second-order valence-electron chi connectivity index (χ2n) is 9.81. The number of fused-ring (bicyclic) bond motifs is 2. The third-order valence-corrected chi connectivity index (χ3v) is 7.25. The summed E-state index contributed by atoms with van der Waals surface area (Å²) in [4.78, 5) is 37.8. The Morgan fingerprint density at radius 1 is 0.930 bits per heavy atom. The molecule has 1 amide bonds. The fraction of sp³-hybridized carbons (Fsp3) is 0.258. The molecule has 0 unspecified atom stereocenters. The van der Waals surface area contributed by atoms with Gasteiger partial charge in [-0.15, -0.1) is 0 Å². The Hall–Kier alpha value is -5.23. The van der Waals surface area contributed by atoms with E-state index in [1.54, 1.807) is 45.4 Å². The number of carbonyl (C=O) groups is 2. The molecule has 0 spiro atoms. The molecule has 2 saturated heterocycles. The van der Waals surface area contributed by atoms with Gasteiger partial charge in [0.2, 0.25) is 12.4 Å². The molecule has 222 valence electrons. The Morgan fingerprint density at radius 3 is 2.51 bits per heavy atom. The molecule has 12 nitrogen and oxygen atoms in total. The summed E-state index contributed by atoms with van der Waals surface area (Å²) in [5, 5.41) is 3.13. The maximum atomic E-state index is 13.3. The molecule has 3 atom stereocenters. The molecule has 6 rings (SSSR count). The van der Waals surface area contributed by atoms with Crippen molar-refractivity contribution in [3.8, 4) is 34.1 Å². The number of rotatable bonds is 8. The van der Waals surface area contributed by atoms with Gasteiger partial charge in [0.05, 0.1) is 27.9 Å². The number of aryl methyl sites for hydroxylation is 1. The van der Waals surface area contributed by atoms with Crippen LogP contribution in [0.25, 0.3) is 22.1 Å². The first-order valence-corrected chi connectivity index (χ1v) is 13.2. The number of nitrogens with one attached hydrogen (secondary N) is 1. The van der Waals surface area contributed by atoms with E-state index in [9.17, 15) is 14.4 Å². The van der Waals surface area contributed by atoms with Crippen molar-refractivity contribution in [2.45, 2.75) is 25.4 Å².